The van der Waals surface area contributed by atoms with Crippen LogP contribution in [0, 0.1) is 5.82 Å². The van der Waals surface area contributed by atoms with Crippen LogP contribution < -0.4 is 11.1 Å². The average molecular weight is 296 g/mol. The van der Waals surface area contributed by atoms with Crippen molar-refractivity contribution in [1.29, 1.82) is 0 Å². The number of hydrogen-bond donors (Lipinski definition) is 2. The van der Waals surface area contributed by atoms with Crippen molar-refractivity contribution in [2.75, 3.05) is 17.7 Å². The van der Waals surface area contributed by atoms with Crippen LogP contribution in [0.25, 0.3) is 0 Å². The third-order valence-electron chi connectivity index (χ3n) is 3.25. The van der Waals surface area contributed by atoms with E-state index in [0.717, 1.165) is 12.8 Å². The van der Waals surface area contributed by atoms with Crippen molar-refractivity contribution in [3.8, 4) is 0 Å². The van der Waals surface area contributed by atoms with Gasteiger partial charge in [-0.1, -0.05) is 32.6 Å². The third kappa shape index (κ3) is 7.09. The number of benzene rings is 1. The Hall–Kier alpha value is -1.62. The highest BCUT2D eigenvalue weighted by Gasteiger charge is 2.09. The first kappa shape index (κ1) is 17.4. The van der Waals surface area contributed by atoms with Gasteiger partial charge in [-0.2, -0.15) is 0 Å². The highest BCUT2D eigenvalue weighted by molar-refractivity contribution is 5.94. The highest BCUT2D eigenvalue weighted by atomic mass is 19.1. The van der Waals surface area contributed by atoms with Crippen molar-refractivity contribution < 1.29 is 13.9 Å². The molecule has 0 heterocycles. The number of ether oxygens (including phenoxy) is 1. The lowest BCUT2D eigenvalue weighted by Gasteiger charge is -2.13. The van der Waals surface area contributed by atoms with E-state index in [1.807, 2.05) is 6.92 Å². The van der Waals surface area contributed by atoms with E-state index in [9.17, 15) is 9.18 Å². The predicted octanol–water partition coefficient (Wildman–Crippen LogP) is 3.72. The van der Waals surface area contributed by atoms with Gasteiger partial charge in [-0.3, -0.25) is 4.79 Å². The monoisotopic (exact) mass is 296 g/mol. The van der Waals surface area contributed by atoms with E-state index in [0.29, 0.717) is 5.69 Å². The van der Waals surface area contributed by atoms with Gasteiger partial charge in [-0.05, 0) is 31.5 Å². The van der Waals surface area contributed by atoms with Gasteiger partial charge >= 0.3 is 0 Å². The number of amides is 1. The second kappa shape index (κ2) is 9.34. The summed E-state index contributed by atoms with van der Waals surface area (Å²) in [5, 5.41) is 2.55. The summed E-state index contributed by atoms with van der Waals surface area (Å²) in [6.07, 6.45) is 5.70. The fraction of sp³-hybridized carbons (Fsp3) is 0.562. The number of carbonyl (C=O) groups is 1. The number of anilines is 2. The summed E-state index contributed by atoms with van der Waals surface area (Å²) >= 11 is 0. The Bertz CT molecular complexity index is 452. The molecule has 118 valence electrons. The molecule has 21 heavy (non-hydrogen) atoms. The number of rotatable bonds is 9. The van der Waals surface area contributed by atoms with E-state index in [1.54, 1.807) is 0 Å². The molecule has 1 rings (SSSR count). The van der Waals surface area contributed by atoms with Crippen LogP contribution in [0.5, 0.6) is 0 Å². The maximum atomic E-state index is 13.1. The van der Waals surface area contributed by atoms with Crippen molar-refractivity contribution >= 4 is 17.3 Å². The van der Waals surface area contributed by atoms with Gasteiger partial charge in [0.05, 0.1) is 17.5 Å². The standard InChI is InChI=1S/C16H25FN2O2/c1-3-4-5-6-7-12(2)21-11-16(20)19-15-10-13(17)8-9-14(15)18/h8-10,12H,3-7,11,18H2,1-2H3,(H,19,20). The molecule has 0 saturated heterocycles. The third-order valence-corrected chi connectivity index (χ3v) is 3.25. The second-order valence-electron chi connectivity index (χ2n) is 5.25. The molecule has 0 bridgehead atoms. The molecule has 1 aromatic carbocycles. The molecule has 1 atom stereocenters. The summed E-state index contributed by atoms with van der Waals surface area (Å²) in [5.41, 5.74) is 6.27. The second-order valence-corrected chi connectivity index (χ2v) is 5.25. The molecule has 4 nitrogen and oxygen atoms in total. The molecule has 1 unspecified atom stereocenters. The normalized spacial score (nSPS) is 12.1. The van der Waals surface area contributed by atoms with Crippen molar-refractivity contribution in [2.24, 2.45) is 0 Å². The summed E-state index contributed by atoms with van der Waals surface area (Å²) in [6.45, 7) is 4.07. The Morgan fingerprint density at radius 3 is 2.86 bits per heavy atom. The van der Waals surface area contributed by atoms with Gasteiger partial charge in [0.25, 0.3) is 0 Å². The highest BCUT2D eigenvalue weighted by Crippen LogP contribution is 2.19. The number of nitrogens with two attached hydrogens (primary N) is 1. The van der Waals surface area contributed by atoms with Crippen LogP contribution in [0.1, 0.15) is 46.0 Å². The number of unbranched alkanes of at least 4 members (excludes halogenated alkanes) is 3. The Balaban J connectivity index is 2.29. The van der Waals surface area contributed by atoms with E-state index in [2.05, 4.69) is 12.2 Å². The van der Waals surface area contributed by atoms with Crippen LogP contribution in [-0.4, -0.2) is 18.6 Å². The molecule has 0 saturated carbocycles. The lowest BCUT2D eigenvalue weighted by atomic mass is 10.1. The van der Waals surface area contributed by atoms with Crippen molar-refractivity contribution in [3.63, 3.8) is 0 Å². The Labute approximate surface area is 125 Å². The Morgan fingerprint density at radius 1 is 1.38 bits per heavy atom. The maximum absolute atomic E-state index is 13.1. The van der Waals surface area contributed by atoms with Crippen LogP contribution >= 0.6 is 0 Å². The van der Waals surface area contributed by atoms with E-state index in [4.69, 9.17) is 10.5 Å². The zero-order valence-electron chi connectivity index (χ0n) is 12.8. The maximum Gasteiger partial charge on any atom is 0.250 e. The summed E-state index contributed by atoms with van der Waals surface area (Å²) in [4.78, 5) is 11.7. The van der Waals surface area contributed by atoms with Gasteiger partial charge in [0.1, 0.15) is 12.4 Å². The van der Waals surface area contributed by atoms with Gasteiger partial charge in [0.2, 0.25) is 5.91 Å². The number of nitrogen functional groups attached to an aromatic ring is 1. The first-order valence-electron chi connectivity index (χ1n) is 7.49. The molecule has 0 aliphatic carbocycles. The topological polar surface area (TPSA) is 64.3 Å². The van der Waals surface area contributed by atoms with Gasteiger partial charge in [0.15, 0.2) is 0 Å². The predicted molar refractivity (Wildman–Crippen MR) is 83.6 cm³/mol. The number of halogens is 1. The Morgan fingerprint density at radius 2 is 2.14 bits per heavy atom. The molecule has 0 radical (unpaired) electrons. The molecular formula is C16H25FN2O2. The first-order chi connectivity index (χ1) is 10.0. The SMILES string of the molecule is CCCCCCC(C)OCC(=O)Nc1cc(F)ccc1N. The molecule has 3 N–H and O–H groups in total. The largest absolute Gasteiger partial charge is 0.397 e. The summed E-state index contributed by atoms with van der Waals surface area (Å²) < 4.78 is 18.6. The summed E-state index contributed by atoms with van der Waals surface area (Å²) in [6, 6.07) is 3.86. The van der Waals surface area contributed by atoms with E-state index >= 15 is 0 Å². The molecule has 1 amide bonds. The van der Waals surface area contributed by atoms with E-state index in [-0.39, 0.29) is 24.3 Å². The summed E-state index contributed by atoms with van der Waals surface area (Å²) in [7, 11) is 0. The van der Waals surface area contributed by atoms with Crippen molar-refractivity contribution in [2.45, 2.75) is 52.1 Å². The number of nitrogens with one attached hydrogen (secondary N) is 1. The van der Waals surface area contributed by atoms with Gasteiger partial charge < -0.3 is 15.8 Å². The minimum absolute atomic E-state index is 0.0393. The fourth-order valence-corrected chi connectivity index (χ4v) is 1.98. The minimum atomic E-state index is -0.440. The first-order valence-corrected chi connectivity index (χ1v) is 7.49. The molecule has 0 aliphatic heterocycles. The van der Waals surface area contributed by atoms with E-state index in [1.165, 1.54) is 37.5 Å². The van der Waals surface area contributed by atoms with Crippen LogP contribution in [0.15, 0.2) is 18.2 Å². The van der Waals surface area contributed by atoms with Crippen LogP contribution in [0.4, 0.5) is 15.8 Å². The molecule has 0 aromatic heterocycles. The Kier molecular flexibility index (Phi) is 7.75. The van der Waals surface area contributed by atoms with Gasteiger partial charge in [-0.15, -0.1) is 0 Å². The van der Waals surface area contributed by atoms with E-state index < -0.39 is 5.82 Å². The molecule has 0 aliphatic rings. The van der Waals surface area contributed by atoms with Crippen molar-refractivity contribution in [3.05, 3.63) is 24.0 Å². The lowest BCUT2D eigenvalue weighted by Crippen LogP contribution is -2.22. The number of hydrogen-bond acceptors (Lipinski definition) is 3. The average Bonchev–Trinajstić information content (AvgIpc) is 2.45. The van der Waals surface area contributed by atoms with Crippen LogP contribution in [0.2, 0.25) is 0 Å². The summed E-state index contributed by atoms with van der Waals surface area (Å²) in [5.74, 6) is -0.766. The van der Waals surface area contributed by atoms with Crippen LogP contribution in [0.3, 0.4) is 0 Å². The molecule has 1 aromatic rings. The smallest absolute Gasteiger partial charge is 0.250 e. The van der Waals surface area contributed by atoms with Crippen molar-refractivity contribution in [1.82, 2.24) is 0 Å². The molecule has 5 heteroatoms. The van der Waals surface area contributed by atoms with Gasteiger partial charge in [-0.25, -0.2) is 4.39 Å². The zero-order chi connectivity index (χ0) is 15.7. The zero-order valence-corrected chi connectivity index (χ0v) is 12.8. The fourth-order valence-electron chi connectivity index (χ4n) is 1.98. The minimum Gasteiger partial charge on any atom is -0.397 e. The lowest BCUT2D eigenvalue weighted by molar-refractivity contribution is -0.122. The quantitative estimate of drug-likeness (QED) is 0.539. The van der Waals surface area contributed by atoms with Crippen LogP contribution in [-0.2, 0) is 9.53 Å². The van der Waals surface area contributed by atoms with Gasteiger partial charge in [0, 0.05) is 0 Å². The molecule has 0 spiro atoms. The molecule has 0 fully saturated rings. The molecular weight excluding hydrogens is 271 g/mol. The number of carbonyl (C=O) groups excluding carboxylic acids is 1.